The summed E-state index contributed by atoms with van der Waals surface area (Å²) >= 11 is 0. The Balaban J connectivity index is 1.45. The van der Waals surface area contributed by atoms with Crippen LogP contribution in [-0.2, 0) is 4.74 Å². The summed E-state index contributed by atoms with van der Waals surface area (Å²) in [6, 6.07) is 16.9. The normalized spacial score (nSPS) is 14.6. The van der Waals surface area contributed by atoms with Crippen LogP contribution in [0.15, 0.2) is 60.8 Å². The SMILES string of the molecule is COC(=O)c1cccc(C(=O)N2CCC(c3[nH]ncc3-c3ccccc3)CC2)c1. The molecule has 1 saturated heterocycles. The number of nitrogens with one attached hydrogen (secondary N) is 1. The quantitative estimate of drug-likeness (QED) is 0.687. The number of ether oxygens (including phenoxy) is 1. The Morgan fingerprint density at radius 1 is 1.03 bits per heavy atom. The fourth-order valence-corrected chi connectivity index (χ4v) is 3.91. The molecule has 1 N–H and O–H groups in total. The molecule has 6 heteroatoms. The van der Waals surface area contributed by atoms with Crippen LogP contribution in [0.2, 0.25) is 0 Å². The molecule has 2 heterocycles. The predicted octanol–water partition coefficient (Wildman–Crippen LogP) is 3.88. The first-order chi connectivity index (χ1) is 14.2. The van der Waals surface area contributed by atoms with Gasteiger partial charge in [-0.1, -0.05) is 36.4 Å². The summed E-state index contributed by atoms with van der Waals surface area (Å²) < 4.78 is 4.75. The van der Waals surface area contributed by atoms with Gasteiger partial charge in [-0.15, -0.1) is 0 Å². The number of hydrogen-bond acceptors (Lipinski definition) is 4. The molecule has 1 aromatic heterocycles. The van der Waals surface area contributed by atoms with Gasteiger partial charge in [-0.2, -0.15) is 5.10 Å². The zero-order chi connectivity index (χ0) is 20.2. The lowest BCUT2D eigenvalue weighted by Gasteiger charge is -2.32. The minimum Gasteiger partial charge on any atom is -0.465 e. The predicted molar refractivity (Wildman–Crippen MR) is 110 cm³/mol. The van der Waals surface area contributed by atoms with Crippen molar-refractivity contribution in [2.75, 3.05) is 20.2 Å². The maximum absolute atomic E-state index is 12.9. The summed E-state index contributed by atoms with van der Waals surface area (Å²) in [5.74, 6) is -0.161. The summed E-state index contributed by atoms with van der Waals surface area (Å²) in [5, 5.41) is 7.43. The molecule has 1 amide bonds. The molecule has 1 fully saturated rings. The van der Waals surface area contributed by atoms with Gasteiger partial charge in [-0.3, -0.25) is 9.89 Å². The second-order valence-corrected chi connectivity index (χ2v) is 7.20. The maximum Gasteiger partial charge on any atom is 0.337 e. The van der Waals surface area contributed by atoms with Crippen molar-refractivity contribution in [3.8, 4) is 11.1 Å². The van der Waals surface area contributed by atoms with Crippen molar-refractivity contribution in [2.24, 2.45) is 0 Å². The number of benzene rings is 2. The second-order valence-electron chi connectivity index (χ2n) is 7.20. The van der Waals surface area contributed by atoms with Gasteiger partial charge in [0.1, 0.15) is 0 Å². The van der Waals surface area contributed by atoms with E-state index in [1.165, 1.54) is 7.11 Å². The van der Waals surface area contributed by atoms with Crippen molar-refractivity contribution in [1.82, 2.24) is 15.1 Å². The first-order valence-electron chi connectivity index (χ1n) is 9.73. The van der Waals surface area contributed by atoms with Gasteiger partial charge >= 0.3 is 5.97 Å². The average molecular weight is 389 g/mol. The minimum absolute atomic E-state index is 0.0536. The molecule has 2 aromatic carbocycles. The van der Waals surface area contributed by atoms with E-state index in [4.69, 9.17) is 4.74 Å². The van der Waals surface area contributed by atoms with Gasteiger partial charge in [0.2, 0.25) is 0 Å². The Labute approximate surface area is 169 Å². The zero-order valence-electron chi connectivity index (χ0n) is 16.3. The Bertz CT molecular complexity index is 1000. The molecule has 6 nitrogen and oxygen atoms in total. The molecule has 1 aliphatic heterocycles. The number of H-pyrrole nitrogens is 1. The highest BCUT2D eigenvalue weighted by Gasteiger charge is 2.27. The monoisotopic (exact) mass is 389 g/mol. The van der Waals surface area contributed by atoms with E-state index in [2.05, 4.69) is 22.3 Å². The van der Waals surface area contributed by atoms with Crippen LogP contribution in [0.3, 0.4) is 0 Å². The van der Waals surface area contributed by atoms with E-state index in [1.54, 1.807) is 24.3 Å². The van der Waals surface area contributed by atoms with Crippen LogP contribution in [0, 0.1) is 0 Å². The Morgan fingerprint density at radius 3 is 2.48 bits per heavy atom. The smallest absolute Gasteiger partial charge is 0.337 e. The van der Waals surface area contributed by atoms with Crippen molar-refractivity contribution in [3.63, 3.8) is 0 Å². The molecule has 4 rings (SSSR count). The third-order valence-corrected chi connectivity index (χ3v) is 5.47. The number of esters is 1. The number of hydrogen-bond donors (Lipinski definition) is 1. The van der Waals surface area contributed by atoms with Gasteiger partial charge in [0.25, 0.3) is 5.91 Å². The second kappa shape index (κ2) is 8.31. The largest absolute Gasteiger partial charge is 0.465 e. The number of aromatic amines is 1. The van der Waals surface area contributed by atoms with Crippen molar-refractivity contribution in [3.05, 3.63) is 77.6 Å². The van der Waals surface area contributed by atoms with Gasteiger partial charge in [0, 0.05) is 35.8 Å². The number of carbonyl (C=O) groups is 2. The van der Waals surface area contributed by atoms with Crippen LogP contribution in [0.4, 0.5) is 0 Å². The van der Waals surface area contributed by atoms with Crippen LogP contribution >= 0.6 is 0 Å². The Hall–Kier alpha value is -3.41. The molecule has 0 bridgehead atoms. The molecule has 29 heavy (non-hydrogen) atoms. The number of aromatic nitrogens is 2. The minimum atomic E-state index is -0.439. The lowest BCUT2D eigenvalue weighted by atomic mass is 9.89. The van der Waals surface area contributed by atoms with Gasteiger partial charge in [-0.25, -0.2) is 4.79 Å². The third-order valence-electron chi connectivity index (χ3n) is 5.47. The molecule has 0 unspecified atom stereocenters. The molecule has 0 atom stereocenters. The fourth-order valence-electron chi connectivity index (χ4n) is 3.91. The summed E-state index contributed by atoms with van der Waals surface area (Å²) in [6.45, 7) is 1.33. The number of carbonyl (C=O) groups excluding carboxylic acids is 2. The fraction of sp³-hybridized carbons (Fsp3) is 0.261. The number of nitrogens with zero attached hydrogens (tertiary/aromatic N) is 2. The third kappa shape index (κ3) is 3.92. The summed E-state index contributed by atoms with van der Waals surface area (Å²) in [6.07, 6.45) is 3.61. The van der Waals surface area contributed by atoms with Gasteiger partial charge in [-0.05, 0) is 36.6 Å². The molecule has 0 aliphatic carbocycles. The van der Waals surface area contributed by atoms with Crippen molar-refractivity contribution >= 4 is 11.9 Å². The van der Waals surface area contributed by atoms with Crippen LogP contribution in [-0.4, -0.2) is 47.2 Å². The summed E-state index contributed by atoms with van der Waals surface area (Å²) in [5.41, 5.74) is 4.31. The molecule has 0 spiro atoms. The molecule has 0 radical (unpaired) electrons. The van der Waals surface area contributed by atoms with Crippen molar-refractivity contribution in [2.45, 2.75) is 18.8 Å². The van der Waals surface area contributed by atoms with E-state index in [0.29, 0.717) is 30.1 Å². The van der Waals surface area contributed by atoms with Gasteiger partial charge in [0.15, 0.2) is 0 Å². The molecule has 3 aromatic rings. The van der Waals surface area contributed by atoms with E-state index >= 15 is 0 Å². The van der Waals surface area contributed by atoms with Gasteiger partial charge in [0.05, 0.1) is 18.9 Å². The van der Waals surface area contributed by atoms with Crippen LogP contribution < -0.4 is 0 Å². The van der Waals surface area contributed by atoms with Gasteiger partial charge < -0.3 is 9.64 Å². The number of likely N-dealkylation sites (tertiary alicyclic amines) is 1. The standard InChI is InChI=1S/C23H23N3O3/c1-29-23(28)19-9-5-8-18(14-19)22(27)26-12-10-17(11-13-26)21-20(15-24-25-21)16-6-3-2-4-7-16/h2-9,14-15,17H,10-13H2,1H3,(H,24,25). The van der Waals surface area contributed by atoms with Crippen molar-refractivity contribution < 1.29 is 14.3 Å². The highest BCUT2D eigenvalue weighted by Crippen LogP contribution is 2.34. The summed E-state index contributed by atoms with van der Waals surface area (Å²) in [7, 11) is 1.33. The van der Waals surface area contributed by atoms with E-state index in [9.17, 15) is 9.59 Å². The molecule has 1 aliphatic rings. The highest BCUT2D eigenvalue weighted by molar-refractivity contribution is 5.98. The Morgan fingerprint density at radius 2 is 1.76 bits per heavy atom. The number of methoxy groups -OCH3 is 1. The maximum atomic E-state index is 12.9. The summed E-state index contributed by atoms with van der Waals surface area (Å²) in [4.78, 5) is 26.5. The number of rotatable bonds is 4. The average Bonchev–Trinajstić information content (AvgIpc) is 3.29. The highest BCUT2D eigenvalue weighted by atomic mass is 16.5. The van der Waals surface area contributed by atoms with Crippen molar-refractivity contribution in [1.29, 1.82) is 0 Å². The topological polar surface area (TPSA) is 75.3 Å². The first kappa shape index (κ1) is 18.9. The van der Waals surface area contributed by atoms with E-state index in [1.807, 2.05) is 29.3 Å². The van der Waals surface area contributed by atoms with Crippen LogP contribution in [0.1, 0.15) is 45.2 Å². The number of piperidine rings is 1. The van der Waals surface area contributed by atoms with Crippen LogP contribution in [0.25, 0.3) is 11.1 Å². The van der Waals surface area contributed by atoms with E-state index in [-0.39, 0.29) is 5.91 Å². The zero-order valence-corrected chi connectivity index (χ0v) is 16.3. The molecular formula is C23H23N3O3. The first-order valence-corrected chi connectivity index (χ1v) is 9.73. The van der Waals surface area contributed by atoms with E-state index < -0.39 is 5.97 Å². The van der Waals surface area contributed by atoms with E-state index in [0.717, 1.165) is 29.7 Å². The molecule has 148 valence electrons. The lowest BCUT2D eigenvalue weighted by molar-refractivity contribution is 0.0600. The lowest BCUT2D eigenvalue weighted by Crippen LogP contribution is -2.38. The van der Waals surface area contributed by atoms with Crippen LogP contribution in [0.5, 0.6) is 0 Å². The number of amides is 1. The molecule has 0 saturated carbocycles. The molecular weight excluding hydrogens is 366 g/mol. The Kier molecular flexibility index (Phi) is 5.42.